The van der Waals surface area contributed by atoms with E-state index < -0.39 is 11.6 Å². The molecule has 0 aliphatic rings. The Balaban J connectivity index is 2.73. The molecule has 0 saturated carbocycles. The Kier molecular flexibility index (Phi) is 5.12. The van der Waals surface area contributed by atoms with Crippen molar-refractivity contribution in [3.05, 3.63) is 41.0 Å². The molecule has 0 saturated heterocycles. The number of benzene rings is 1. The first-order valence-corrected chi connectivity index (χ1v) is 5.47. The van der Waals surface area contributed by atoms with Crippen molar-refractivity contribution in [2.24, 2.45) is 0 Å². The topological polar surface area (TPSA) is 12.0 Å². The molecule has 0 aromatic heterocycles. The Morgan fingerprint density at radius 2 is 1.94 bits per heavy atom. The Labute approximate surface area is 95.2 Å². The minimum Gasteiger partial charge on any atom is -0.313 e. The summed E-state index contributed by atoms with van der Waals surface area (Å²) in [5, 5.41) is 3.18. The monoisotopic (exact) mass is 225 g/mol. The zero-order valence-electron chi connectivity index (χ0n) is 9.69. The summed E-state index contributed by atoms with van der Waals surface area (Å²) in [5.41, 5.74) is 0.954. The van der Waals surface area contributed by atoms with Crippen LogP contribution in [0.4, 0.5) is 8.78 Å². The van der Waals surface area contributed by atoms with Gasteiger partial charge >= 0.3 is 0 Å². The average Bonchev–Trinajstić information content (AvgIpc) is 2.24. The van der Waals surface area contributed by atoms with Crippen LogP contribution in [0.2, 0.25) is 0 Å². The third-order valence-corrected chi connectivity index (χ3v) is 2.22. The van der Waals surface area contributed by atoms with Gasteiger partial charge in [-0.05, 0) is 38.1 Å². The minimum atomic E-state index is -0.519. The SMILES string of the molecule is CCCNCC(C)=Cc1c(F)cccc1F. The molecule has 1 aromatic carbocycles. The highest BCUT2D eigenvalue weighted by atomic mass is 19.1. The standard InChI is InChI=1S/C13H17F2N/c1-3-7-16-9-10(2)8-11-12(14)5-4-6-13(11)15/h4-6,8,16H,3,7,9H2,1-2H3. The summed E-state index contributed by atoms with van der Waals surface area (Å²) in [7, 11) is 0. The normalized spacial score (nSPS) is 11.9. The van der Waals surface area contributed by atoms with Crippen LogP contribution in [0, 0.1) is 11.6 Å². The highest BCUT2D eigenvalue weighted by Gasteiger charge is 2.05. The summed E-state index contributed by atoms with van der Waals surface area (Å²) >= 11 is 0. The number of hydrogen-bond acceptors (Lipinski definition) is 1. The highest BCUT2D eigenvalue weighted by molar-refractivity contribution is 5.54. The zero-order valence-corrected chi connectivity index (χ0v) is 9.69. The number of hydrogen-bond donors (Lipinski definition) is 1. The van der Waals surface area contributed by atoms with Gasteiger partial charge in [-0.25, -0.2) is 8.78 Å². The van der Waals surface area contributed by atoms with Gasteiger partial charge in [0, 0.05) is 12.1 Å². The van der Waals surface area contributed by atoms with Crippen LogP contribution in [-0.2, 0) is 0 Å². The highest BCUT2D eigenvalue weighted by Crippen LogP contribution is 2.15. The Morgan fingerprint density at radius 3 is 2.50 bits per heavy atom. The molecule has 0 heterocycles. The van der Waals surface area contributed by atoms with Crippen molar-refractivity contribution < 1.29 is 8.78 Å². The van der Waals surface area contributed by atoms with Crippen molar-refractivity contribution >= 4 is 6.08 Å². The van der Waals surface area contributed by atoms with Crippen LogP contribution in [0.1, 0.15) is 25.8 Å². The summed E-state index contributed by atoms with van der Waals surface area (Å²) < 4.78 is 26.6. The van der Waals surface area contributed by atoms with E-state index in [0.29, 0.717) is 6.54 Å². The Bertz CT molecular complexity index is 352. The van der Waals surface area contributed by atoms with Gasteiger partial charge in [-0.1, -0.05) is 18.6 Å². The van der Waals surface area contributed by atoms with Crippen LogP contribution in [0.25, 0.3) is 6.08 Å². The molecule has 0 unspecified atom stereocenters. The Morgan fingerprint density at radius 1 is 1.31 bits per heavy atom. The van der Waals surface area contributed by atoms with Gasteiger partial charge in [0.2, 0.25) is 0 Å². The molecule has 16 heavy (non-hydrogen) atoms. The smallest absolute Gasteiger partial charge is 0.133 e. The van der Waals surface area contributed by atoms with E-state index in [9.17, 15) is 8.78 Å². The van der Waals surface area contributed by atoms with Crippen LogP contribution >= 0.6 is 0 Å². The third kappa shape index (κ3) is 3.74. The quantitative estimate of drug-likeness (QED) is 0.758. The summed E-state index contributed by atoms with van der Waals surface area (Å²) in [6, 6.07) is 3.90. The van der Waals surface area contributed by atoms with Crippen molar-refractivity contribution in [1.29, 1.82) is 0 Å². The first-order valence-electron chi connectivity index (χ1n) is 5.47. The number of rotatable bonds is 5. The van der Waals surface area contributed by atoms with E-state index in [4.69, 9.17) is 0 Å². The third-order valence-electron chi connectivity index (χ3n) is 2.22. The summed E-state index contributed by atoms with van der Waals surface area (Å²) in [6.07, 6.45) is 2.59. The van der Waals surface area contributed by atoms with Gasteiger partial charge in [0.05, 0.1) is 0 Å². The van der Waals surface area contributed by atoms with E-state index in [1.807, 2.05) is 6.92 Å². The largest absolute Gasteiger partial charge is 0.313 e. The molecule has 1 nitrogen and oxygen atoms in total. The van der Waals surface area contributed by atoms with E-state index in [2.05, 4.69) is 12.2 Å². The van der Waals surface area contributed by atoms with E-state index in [1.54, 1.807) is 6.08 Å². The molecule has 0 bridgehead atoms. The second-order valence-corrected chi connectivity index (χ2v) is 3.80. The van der Waals surface area contributed by atoms with E-state index in [-0.39, 0.29) is 5.56 Å². The molecule has 1 aromatic rings. The molecule has 0 aliphatic heterocycles. The number of nitrogens with one attached hydrogen (secondary N) is 1. The molecule has 0 aliphatic carbocycles. The number of halogens is 2. The van der Waals surface area contributed by atoms with Gasteiger partial charge in [-0.3, -0.25) is 0 Å². The first-order chi connectivity index (χ1) is 7.65. The van der Waals surface area contributed by atoms with Gasteiger partial charge in [0.15, 0.2) is 0 Å². The molecular formula is C13H17F2N. The summed E-state index contributed by atoms with van der Waals surface area (Å²) in [4.78, 5) is 0. The van der Waals surface area contributed by atoms with Crippen molar-refractivity contribution in [2.75, 3.05) is 13.1 Å². The van der Waals surface area contributed by atoms with Gasteiger partial charge in [-0.15, -0.1) is 0 Å². The fraction of sp³-hybridized carbons (Fsp3) is 0.385. The van der Waals surface area contributed by atoms with Crippen LogP contribution in [-0.4, -0.2) is 13.1 Å². The minimum absolute atomic E-state index is 0.0401. The molecule has 1 N–H and O–H groups in total. The molecule has 0 fully saturated rings. The predicted molar refractivity (Wildman–Crippen MR) is 63.2 cm³/mol. The molecule has 3 heteroatoms. The van der Waals surface area contributed by atoms with Crippen LogP contribution in [0.15, 0.2) is 23.8 Å². The summed E-state index contributed by atoms with van der Waals surface area (Å²) in [5.74, 6) is -1.04. The van der Waals surface area contributed by atoms with Crippen LogP contribution in [0.3, 0.4) is 0 Å². The Hall–Kier alpha value is -1.22. The average molecular weight is 225 g/mol. The van der Waals surface area contributed by atoms with Crippen molar-refractivity contribution in [3.8, 4) is 0 Å². The maximum Gasteiger partial charge on any atom is 0.133 e. The second kappa shape index (κ2) is 6.38. The zero-order chi connectivity index (χ0) is 12.0. The molecular weight excluding hydrogens is 208 g/mol. The molecule has 1 rings (SSSR count). The molecule has 0 spiro atoms. The van der Waals surface area contributed by atoms with Crippen LogP contribution < -0.4 is 5.32 Å². The fourth-order valence-corrected chi connectivity index (χ4v) is 1.41. The van der Waals surface area contributed by atoms with E-state index in [0.717, 1.165) is 18.5 Å². The van der Waals surface area contributed by atoms with Gasteiger partial charge in [-0.2, -0.15) is 0 Å². The predicted octanol–water partition coefficient (Wildman–Crippen LogP) is 3.37. The second-order valence-electron chi connectivity index (χ2n) is 3.80. The lowest BCUT2D eigenvalue weighted by molar-refractivity contribution is 0.578. The van der Waals surface area contributed by atoms with E-state index in [1.165, 1.54) is 18.2 Å². The van der Waals surface area contributed by atoms with Crippen molar-refractivity contribution in [1.82, 2.24) is 5.32 Å². The molecule has 0 amide bonds. The van der Waals surface area contributed by atoms with E-state index >= 15 is 0 Å². The van der Waals surface area contributed by atoms with Gasteiger partial charge < -0.3 is 5.32 Å². The maximum absolute atomic E-state index is 13.3. The lowest BCUT2D eigenvalue weighted by Crippen LogP contribution is -2.16. The van der Waals surface area contributed by atoms with Crippen molar-refractivity contribution in [3.63, 3.8) is 0 Å². The molecule has 0 radical (unpaired) electrons. The van der Waals surface area contributed by atoms with Gasteiger partial charge in [0.25, 0.3) is 0 Å². The first kappa shape index (κ1) is 12.8. The van der Waals surface area contributed by atoms with Crippen LogP contribution in [0.5, 0.6) is 0 Å². The molecule has 0 atom stereocenters. The van der Waals surface area contributed by atoms with Gasteiger partial charge in [0.1, 0.15) is 11.6 Å². The van der Waals surface area contributed by atoms with Crippen molar-refractivity contribution in [2.45, 2.75) is 20.3 Å². The summed E-state index contributed by atoms with van der Waals surface area (Å²) in [6.45, 7) is 5.49. The lowest BCUT2D eigenvalue weighted by atomic mass is 10.1. The fourth-order valence-electron chi connectivity index (χ4n) is 1.41. The maximum atomic E-state index is 13.3. The lowest BCUT2D eigenvalue weighted by Gasteiger charge is -2.04. The molecule has 88 valence electrons.